The maximum absolute atomic E-state index is 12.3. The summed E-state index contributed by atoms with van der Waals surface area (Å²) in [5.74, 6) is -0.599. The monoisotopic (exact) mass is 255 g/mol. The summed E-state index contributed by atoms with van der Waals surface area (Å²) < 4.78 is 38.1. The van der Waals surface area contributed by atoms with Crippen molar-refractivity contribution < 1.29 is 18.0 Å². The first-order valence-electron chi connectivity index (χ1n) is 4.91. The zero-order valence-corrected chi connectivity index (χ0v) is 8.98. The number of hydrogen-bond donors (Lipinski definition) is 1. The van der Waals surface area contributed by atoms with Crippen molar-refractivity contribution >= 4 is 5.91 Å². The van der Waals surface area contributed by atoms with Gasteiger partial charge in [0.15, 0.2) is 5.69 Å². The average Bonchev–Trinajstić information content (AvgIpc) is 2.78. The lowest BCUT2D eigenvalue weighted by Gasteiger charge is -2.03. The molecule has 2 aromatic rings. The van der Waals surface area contributed by atoms with Gasteiger partial charge in [-0.1, -0.05) is 0 Å². The Kier molecular flexibility index (Phi) is 2.82. The van der Waals surface area contributed by atoms with E-state index >= 15 is 0 Å². The van der Waals surface area contributed by atoms with Crippen LogP contribution in [-0.4, -0.2) is 15.7 Å². The highest BCUT2D eigenvalue weighted by atomic mass is 19.4. The number of primary amides is 1. The Morgan fingerprint density at radius 2 is 1.78 bits per heavy atom. The SMILES string of the molecule is NC(=O)c1ccc(-n2ccc(C(F)(F)F)n2)cc1. The second-order valence-corrected chi connectivity index (χ2v) is 3.55. The van der Waals surface area contributed by atoms with Crippen LogP contribution in [0.4, 0.5) is 13.2 Å². The first kappa shape index (κ1) is 12.2. The summed E-state index contributed by atoms with van der Waals surface area (Å²) in [5, 5.41) is 3.40. The molecule has 0 aliphatic rings. The van der Waals surface area contributed by atoms with E-state index in [1.807, 2.05) is 0 Å². The van der Waals surface area contributed by atoms with Gasteiger partial charge in [0.2, 0.25) is 5.91 Å². The van der Waals surface area contributed by atoms with E-state index in [2.05, 4.69) is 5.10 Å². The van der Waals surface area contributed by atoms with Crippen LogP contribution in [0.1, 0.15) is 16.1 Å². The standard InChI is InChI=1S/C11H8F3N3O/c12-11(13,14)9-5-6-17(16-9)8-3-1-7(2-4-8)10(15)18/h1-6H,(H2,15,18). The number of carbonyl (C=O) groups is 1. The number of benzene rings is 1. The molecule has 0 saturated carbocycles. The summed E-state index contributed by atoms with van der Waals surface area (Å²) >= 11 is 0. The molecule has 0 aliphatic heterocycles. The van der Waals surface area contributed by atoms with Crippen LogP contribution in [0.5, 0.6) is 0 Å². The minimum absolute atomic E-state index is 0.280. The molecular formula is C11H8F3N3O. The number of aromatic nitrogens is 2. The molecule has 0 atom stereocenters. The van der Waals surface area contributed by atoms with E-state index in [-0.39, 0.29) is 5.56 Å². The number of alkyl halides is 3. The first-order chi connectivity index (χ1) is 8.38. The highest BCUT2D eigenvalue weighted by Crippen LogP contribution is 2.27. The molecule has 0 spiro atoms. The summed E-state index contributed by atoms with van der Waals surface area (Å²) in [4.78, 5) is 10.8. The largest absolute Gasteiger partial charge is 0.435 e. The van der Waals surface area contributed by atoms with Crippen molar-refractivity contribution in [1.82, 2.24) is 9.78 Å². The van der Waals surface area contributed by atoms with Gasteiger partial charge in [0.25, 0.3) is 0 Å². The van der Waals surface area contributed by atoms with E-state index < -0.39 is 17.8 Å². The summed E-state index contributed by atoms with van der Waals surface area (Å²) in [6, 6.07) is 6.65. The van der Waals surface area contributed by atoms with Gasteiger partial charge in [-0.25, -0.2) is 4.68 Å². The minimum Gasteiger partial charge on any atom is -0.366 e. The Morgan fingerprint density at radius 3 is 2.22 bits per heavy atom. The molecular weight excluding hydrogens is 247 g/mol. The Hall–Kier alpha value is -2.31. The van der Waals surface area contributed by atoms with E-state index in [4.69, 9.17) is 5.73 Å². The molecule has 1 amide bonds. The van der Waals surface area contributed by atoms with Crippen LogP contribution < -0.4 is 5.73 Å². The topological polar surface area (TPSA) is 60.9 Å². The number of hydrogen-bond acceptors (Lipinski definition) is 2. The molecule has 4 nitrogen and oxygen atoms in total. The van der Waals surface area contributed by atoms with Gasteiger partial charge in [-0.15, -0.1) is 0 Å². The minimum atomic E-state index is -4.47. The van der Waals surface area contributed by atoms with Crippen molar-refractivity contribution in [3.63, 3.8) is 0 Å². The van der Waals surface area contributed by atoms with Gasteiger partial charge in [-0.3, -0.25) is 4.79 Å². The van der Waals surface area contributed by atoms with E-state index in [1.165, 1.54) is 30.5 Å². The number of nitrogens with zero attached hydrogens (tertiary/aromatic N) is 2. The van der Waals surface area contributed by atoms with Gasteiger partial charge >= 0.3 is 6.18 Å². The van der Waals surface area contributed by atoms with Crippen molar-refractivity contribution in [3.05, 3.63) is 47.8 Å². The Morgan fingerprint density at radius 1 is 1.17 bits per heavy atom. The fourth-order valence-electron chi connectivity index (χ4n) is 1.40. The molecule has 0 saturated heterocycles. The van der Waals surface area contributed by atoms with Crippen LogP contribution in [0.3, 0.4) is 0 Å². The molecule has 2 rings (SSSR count). The molecule has 94 valence electrons. The van der Waals surface area contributed by atoms with Crippen molar-refractivity contribution in [2.24, 2.45) is 5.73 Å². The first-order valence-corrected chi connectivity index (χ1v) is 4.91. The summed E-state index contributed by atoms with van der Waals surface area (Å²) in [5.41, 5.74) is 4.77. The predicted molar refractivity (Wildman–Crippen MR) is 57.1 cm³/mol. The fourth-order valence-corrected chi connectivity index (χ4v) is 1.40. The molecule has 1 heterocycles. The molecule has 0 fully saturated rings. The molecule has 1 aromatic heterocycles. The van der Waals surface area contributed by atoms with Gasteiger partial charge in [-0.2, -0.15) is 18.3 Å². The third-order valence-electron chi connectivity index (χ3n) is 2.30. The lowest BCUT2D eigenvalue weighted by Crippen LogP contribution is -2.11. The Labute approximate surface area is 99.8 Å². The molecule has 18 heavy (non-hydrogen) atoms. The molecule has 0 radical (unpaired) electrons. The second-order valence-electron chi connectivity index (χ2n) is 3.55. The molecule has 2 N–H and O–H groups in total. The van der Waals surface area contributed by atoms with Crippen LogP contribution in [0, 0.1) is 0 Å². The molecule has 0 aliphatic carbocycles. The van der Waals surface area contributed by atoms with Crippen molar-refractivity contribution in [1.29, 1.82) is 0 Å². The summed E-state index contributed by atoms with van der Waals surface area (Å²) in [6.07, 6.45) is -3.28. The molecule has 7 heteroatoms. The Balaban J connectivity index is 2.32. The van der Waals surface area contributed by atoms with E-state index in [1.54, 1.807) is 0 Å². The van der Waals surface area contributed by atoms with Crippen LogP contribution in [0.15, 0.2) is 36.5 Å². The predicted octanol–water partition coefficient (Wildman–Crippen LogP) is 1.99. The zero-order chi connectivity index (χ0) is 13.3. The van der Waals surface area contributed by atoms with Crippen LogP contribution in [0.25, 0.3) is 5.69 Å². The van der Waals surface area contributed by atoms with Crippen LogP contribution in [-0.2, 0) is 6.18 Å². The third kappa shape index (κ3) is 2.34. The number of nitrogens with two attached hydrogens (primary N) is 1. The number of halogens is 3. The summed E-state index contributed by atoms with van der Waals surface area (Å²) in [7, 11) is 0. The van der Waals surface area contributed by atoms with Crippen molar-refractivity contribution in [3.8, 4) is 5.69 Å². The maximum atomic E-state index is 12.3. The van der Waals surface area contributed by atoms with E-state index in [0.717, 1.165) is 10.7 Å². The van der Waals surface area contributed by atoms with Gasteiger partial charge in [-0.05, 0) is 30.3 Å². The van der Waals surface area contributed by atoms with Gasteiger partial charge in [0, 0.05) is 11.8 Å². The lowest BCUT2D eigenvalue weighted by molar-refractivity contribution is -0.141. The smallest absolute Gasteiger partial charge is 0.366 e. The Bertz CT molecular complexity index is 572. The molecule has 0 bridgehead atoms. The highest BCUT2D eigenvalue weighted by molar-refractivity contribution is 5.92. The number of amides is 1. The van der Waals surface area contributed by atoms with Crippen molar-refractivity contribution in [2.75, 3.05) is 0 Å². The highest BCUT2D eigenvalue weighted by Gasteiger charge is 2.33. The maximum Gasteiger partial charge on any atom is 0.435 e. The van der Waals surface area contributed by atoms with E-state index in [9.17, 15) is 18.0 Å². The van der Waals surface area contributed by atoms with Crippen molar-refractivity contribution in [2.45, 2.75) is 6.18 Å². The number of carbonyl (C=O) groups excluding carboxylic acids is 1. The zero-order valence-electron chi connectivity index (χ0n) is 8.98. The quantitative estimate of drug-likeness (QED) is 0.892. The van der Waals surface area contributed by atoms with Crippen LogP contribution >= 0.6 is 0 Å². The lowest BCUT2D eigenvalue weighted by atomic mass is 10.2. The average molecular weight is 255 g/mol. The molecule has 0 unspecified atom stereocenters. The van der Waals surface area contributed by atoms with E-state index in [0.29, 0.717) is 5.69 Å². The van der Waals surface area contributed by atoms with Gasteiger partial charge in [0.1, 0.15) is 0 Å². The number of rotatable bonds is 2. The fraction of sp³-hybridized carbons (Fsp3) is 0.0909. The van der Waals surface area contributed by atoms with Gasteiger partial charge in [0.05, 0.1) is 5.69 Å². The normalized spacial score (nSPS) is 11.5. The summed E-state index contributed by atoms with van der Waals surface area (Å²) in [6.45, 7) is 0. The van der Waals surface area contributed by atoms with Gasteiger partial charge < -0.3 is 5.73 Å². The molecule has 1 aromatic carbocycles. The second kappa shape index (κ2) is 4.17. The van der Waals surface area contributed by atoms with Crippen LogP contribution in [0.2, 0.25) is 0 Å². The third-order valence-corrected chi connectivity index (χ3v) is 2.30.